The van der Waals surface area contributed by atoms with E-state index < -0.39 is 28.5 Å². The van der Waals surface area contributed by atoms with Crippen LogP contribution in [-0.2, 0) is 26.2 Å². The molecule has 0 aliphatic heterocycles. The van der Waals surface area contributed by atoms with Crippen LogP contribution in [0.1, 0.15) is 32.3 Å². The van der Waals surface area contributed by atoms with Gasteiger partial charge in [-0.15, -0.1) is 0 Å². The van der Waals surface area contributed by atoms with Gasteiger partial charge in [-0.2, -0.15) is 0 Å². The van der Waals surface area contributed by atoms with E-state index in [1.165, 1.54) is 24.1 Å². The molecule has 2 amide bonds. The average molecular weight is 617 g/mol. The van der Waals surface area contributed by atoms with Gasteiger partial charge in [0, 0.05) is 17.6 Å². The fraction of sp³-hybridized carbons (Fsp3) is 0.310. The van der Waals surface area contributed by atoms with Crippen LogP contribution in [0.25, 0.3) is 0 Å². The maximum atomic E-state index is 13.9. The molecule has 0 saturated carbocycles. The minimum Gasteiger partial charge on any atom is -0.497 e. The van der Waals surface area contributed by atoms with Crippen molar-refractivity contribution < 1.29 is 22.7 Å². The first-order chi connectivity index (χ1) is 18.7. The number of benzene rings is 3. The van der Waals surface area contributed by atoms with Crippen LogP contribution in [0.4, 0.5) is 5.69 Å². The summed E-state index contributed by atoms with van der Waals surface area (Å²) in [7, 11) is -2.59. The molecule has 0 aliphatic rings. The third-order valence-electron chi connectivity index (χ3n) is 6.23. The van der Waals surface area contributed by atoms with Crippen LogP contribution in [0, 0.1) is 0 Å². The first-order valence-electron chi connectivity index (χ1n) is 12.7. The van der Waals surface area contributed by atoms with Crippen LogP contribution in [0.5, 0.6) is 5.75 Å². The van der Waals surface area contributed by atoms with Crippen LogP contribution in [0.2, 0.25) is 0 Å². The van der Waals surface area contributed by atoms with Gasteiger partial charge < -0.3 is 15.0 Å². The summed E-state index contributed by atoms with van der Waals surface area (Å²) in [4.78, 5) is 28.3. The number of unbranched alkanes of at least 4 members (excludes halogenated alkanes) is 1. The third kappa shape index (κ3) is 8.06. The summed E-state index contributed by atoms with van der Waals surface area (Å²) in [6, 6.07) is 21.0. The second-order valence-electron chi connectivity index (χ2n) is 8.99. The summed E-state index contributed by atoms with van der Waals surface area (Å²) in [6.45, 7) is 3.82. The third-order valence-corrected chi connectivity index (χ3v) is 8.55. The molecule has 0 aromatic heterocycles. The second kappa shape index (κ2) is 14.1. The van der Waals surface area contributed by atoms with E-state index in [1.54, 1.807) is 49.4 Å². The van der Waals surface area contributed by atoms with Gasteiger partial charge in [0.05, 0.1) is 17.7 Å². The Balaban J connectivity index is 1.98. The van der Waals surface area contributed by atoms with E-state index >= 15 is 0 Å². The number of hydrogen-bond donors (Lipinski definition) is 1. The van der Waals surface area contributed by atoms with Crippen LogP contribution in [0.15, 0.2) is 88.2 Å². The van der Waals surface area contributed by atoms with Gasteiger partial charge in [0.2, 0.25) is 11.8 Å². The first kappa shape index (κ1) is 30.2. The molecule has 0 radical (unpaired) electrons. The summed E-state index contributed by atoms with van der Waals surface area (Å²) in [6.07, 6.45) is 1.74. The Labute approximate surface area is 239 Å². The fourth-order valence-electron chi connectivity index (χ4n) is 3.90. The molecule has 0 unspecified atom stereocenters. The summed E-state index contributed by atoms with van der Waals surface area (Å²) in [5, 5.41) is 2.88. The minimum atomic E-state index is -4.11. The van der Waals surface area contributed by atoms with Crippen LogP contribution in [-0.4, -0.2) is 51.4 Å². The van der Waals surface area contributed by atoms with Gasteiger partial charge in [0.1, 0.15) is 18.3 Å². The highest BCUT2D eigenvalue weighted by Crippen LogP contribution is 2.26. The minimum absolute atomic E-state index is 0.0541. The zero-order chi connectivity index (χ0) is 28.4. The number of amides is 2. The highest BCUT2D eigenvalue weighted by Gasteiger charge is 2.32. The van der Waals surface area contributed by atoms with Gasteiger partial charge >= 0.3 is 0 Å². The van der Waals surface area contributed by atoms with Crippen molar-refractivity contribution in [2.75, 3.05) is 24.5 Å². The van der Waals surface area contributed by atoms with E-state index in [0.717, 1.165) is 27.2 Å². The maximum Gasteiger partial charge on any atom is 0.264 e. The normalized spacial score (nSPS) is 11.9. The maximum absolute atomic E-state index is 13.9. The standard InChI is InChI=1S/C29H34BrN3O5S/c1-4-5-19-31-29(35)22(2)32(20-23-11-13-24(30)14-12-23)28(34)21-33(25-15-17-26(38-3)18-16-25)39(36,37)27-9-7-6-8-10-27/h6-18,22H,4-5,19-21H2,1-3H3,(H,31,35)/t22-/m0/s1. The number of anilines is 1. The van der Waals surface area contributed by atoms with Crippen LogP contribution < -0.4 is 14.4 Å². The number of nitrogens with one attached hydrogen (secondary N) is 1. The summed E-state index contributed by atoms with van der Waals surface area (Å²) in [5.41, 5.74) is 1.11. The SMILES string of the molecule is CCCCNC(=O)[C@H](C)N(Cc1ccc(Br)cc1)C(=O)CN(c1ccc(OC)cc1)S(=O)(=O)c1ccccc1. The molecule has 3 rings (SSSR count). The number of rotatable bonds is 13. The number of carbonyl (C=O) groups excluding carboxylic acids is 2. The number of halogens is 1. The second-order valence-corrected chi connectivity index (χ2v) is 11.8. The molecule has 0 saturated heterocycles. The summed E-state index contributed by atoms with van der Waals surface area (Å²) in [5.74, 6) is -0.251. The van der Waals surface area contributed by atoms with Crippen molar-refractivity contribution in [3.63, 3.8) is 0 Å². The fourth-order valence-corrected chi connectivity index (χ4v) is 5.60. The van der Waals surface area contributed by atoms with E-state index in [4.69, 9.17) is 4.74 Å². The predicted octanol–water partition coefficient (Wildman–Crippen LogP) is 4.99. The molecule has 0 bridgehead atoms. The van der Waals surface area contributed by atoms with Crippen molar-refractivity contribution in [1.29, 1.82) is 0 Å². The van der Waals surface area contributed by atoms with E-state index in [9.17, 15) is 18.0 Å². The van der Waals surface area contributed by atoms with Gasteiger partial charge in [-0.1, -0.05) is 59.6 Å². The topological polar surface area (TPSA) is 96.0 Å². The number of ether oxygens (including phenoxy) is 1. The predicted molar refractivity (Wildman–Crippen MR) is 156 cm³/mol. The molecule has 1 atom stereocenters. The highest BCUT2D eigenvalue weighted by atomic mass is 79.9. The number of methoxy groups -OCH3 is 1. The van der Waals surface area contributed by atoms with Crippen molar-refractivity contribution in [3.05, 3.63) is 88.9 Å². The van der Waals surface area contributed by atoms with E-state index in [1.807, 2.05) is 31.2 Å². The van der Waals surface area contributed by atoms with E-state index in [0.29, 0.717) is 18.0 Å². The Morgan fingerprint density at radius 2 is 1.62 bits per heavy atom. The Kier molecular flexibility index (Phi) is 10.9. The van der Waals surface area contributed by atoms with Crippen molar-refractivity contribution in [1.82, 2.24) is 10.2 Å². The Bertz CT molecular complexity index is 1330. The van der Waals surface area contributed by atoms with Crippen LogP contribution >= 0.6 is 15.9 Å². The van der Waals surface area contributed by atoms with E-state index in [-0.39, 0.29) is 17.3 Å². The van der Waals surface area contributed by atoms with E-state index in [2.05, 4.69) is 21.2 Å². The number of carbonyl (C=O) groups is 2. The number of nitrogens with zero attached hydrogens (tertiary/aromatic N) is 2. The van der Waals surface area contributed by atoms with Gasteiger partial charge in [0.25, 0.3) is 10.0 Å². The molecule has 0 aliphatic carbocycles. The smallest absolute Gasteiger partial charge is 0.264 e. The Morgan fingerprint density at radius 1 is 0.974 bits per heavy atom. The molecule has 3 aromatic rings. The molecule has 0 heterocycles. The zero-order valence-corrected chi connectivity index (χ0v) is 24.7. The lowest BCUT2D eigenvalue weighted by Crippen LogP contribution is -2.51. The number of hydrogen-bond acceptors (Lipinski definition) is 5. The van der Waals surface area contributed by atoms with Gasteiger partial charge in [-0.25, -0.2) is 8.42 Å². The molecule has 8 nitrogen and oxygen atoms in total. The average Bonchev–Trinajstić information content (AvgIpc) is 2.95. The molecule has 3 aromatic carbocycles. The quantitative estimate of drug-likeness (QED) is 0.273. The zero-order valence-electron chi connectivity index (χ0n) is 22.3. The molecule has 39 heavy (non-hydrogen) atoms. The molecule has 10 heteroatoms. The lowest BCUT2D eigenvalue weighted by molar-refractivity contribution is -0.139. The first-order valence-corrected chi connectivity index (χ1v) is 14.9. The molecule has 1 N–H and O–H groups in total. The molecule has 0 spiro atoms. The Hall–Kier alpha value is -3.37. The van der Waals surface area contributed by atoms with Gasteiger partial charge in [-0.3, -0.25) is 13.9 Å². The summed E-state index contributed by atoms with van der Waals surface area (Å²) >= 11 is 3.41. The van der Waals surface area contributed by atoms with Gasteiger partial charge in [0.15, 0.2) is 0 Å². The van der Waals surface area contributed by atoms with Gasteiger partial charge in [-0.05, 0) is 67.4 Å². The molecule has 208 valence electrons. The lowest BCUT2D eigenvalue weighted by atomic mass is 10.1. The molecule has 0 fully saturated rings. The molecular weight excluding hydrogens is 582 g/mol. The number of sulfonamides is 1. The van der Waals surface area contributed by atoms with Crippen molar-refractivity contribution in [3.8, 4) is 5.75 Å². The molecular formula is C29H34BrN3O5S. The van der Waals surface area contributed by atoms with Crippen molar-refractivity contribution in [2.24, 2.45) is 0 Å². The highest BCUT2D eigenvalue weighted by molar-refractivity contribution is 9.10. The van der Waals surface area contributed by atoms with Crippen LogP contribution in [0.3, 0.4) is 0 Å². The Morgan fingerprint density at radius 3 is 2.21 bits per heavy atom. The van der Waals surface area contributed by atoms with Crippen molar-refractivity contribution >= 4 is 43.5 Å². The lowest BCUT2D eigenvalue weighted by Gasteiger charge is -2.32. The monoisotopic (exact) mass is 615 g/mol. The largest absolute Gasteiger partial charge is 0.497 e. The van der Waals surface area contributed by atoms with Crippen molar-refractivity contribution in [2.45, 2.75) is 44.2 Å². The summed E-state index contributed by atoms with van der Waals surface area (Å²) < 4.78 is 34.7.